The van der Waals surface area contributed by atoms with Gasteiger partial charge in [-0.3, -0.25) is 5.10 Å². The number of pyridine rings is 1. The summed E-state index contributed by atoms with van der Waals surface area (Å²) in [5, 5.41) is 11.7. The third-order valence-electron chi connectivity index (χ3n) is 4.45. The lowest BCUT2D eigenvalue weighted by Crippen LogP contribution is -2.28. The fourth-order valence-corrected chi connectivity index (χ4v) is 3.34. The fraction of sp³-hybridized carbons (Fsp3) is 0.267. The number of rotatable bonds is 2. The van der Waals surface area contributed by atoms with Gasteiger partial charge in [0.05, 0.1) is 12.5 Å². The third-order valence-corrected chi connectivity index (χ3v) is 4.45. The van der Waals surface area contributed by atoms with Gasteiger partial charge >= 0.3 is 0 Å². The monoisotopic (exact) mass is 306 g/mol. The third kappa shape index (κ3) is 1.95. The van der Waals surface area contributed by atoms with Gasteiger partial charge in [0.1, 0.15) is 11.8 Å². The maximum atomic E-state index is 4.45. The highest BCUT2D eigenvalue weighted by Gasteiger charge is 2.22. The van der Waals surface area contributed by atoms with E-state index < -0.39 is 0 Å². The molecule has 1 aliphatic rings. The SMILES string of the molecule is c1nc(NC2CCc3c(cnc4[nH]ncc34)C2)c2nc[nH]c2n1. The number of hydrogen-bond donors (Lipinski definition) is 3. The van der Waals surface area contributed by atoms with Crippen LogP contribution in [0.5, 0.6) is 0 Å². The Morgan fingerprint density at radius 1 is 1.09 bits per heavy atom. The van der Waals surface area contributed by atoms with E-state index in [4.69, 9.17) is 0 Å². The van der Waals surface area contributed by atoms with E-state index in [1.54, 1.807) is 12.7 Å². The molecular weight excluding hydrogens is 292 g/mol. The highest BCUT2D eigenvalue weighted by molar-refractivity contribution is 5.82. The van der Waals surface area contributed by atoms with Crippen molar-refractivity contribution >= 4 is 28.0 Å². The predicted molar refractivity (Wildman–Crippen MR) is 85.0 cm³/mol. The van der Waals surface area contributed by atoms with Crippen LogP contribution in [0.15, 0.2) is 25.0 Å². The molecule has 0 saturated carbocycles. The molecule has 0 fully saturated rings. The van der Waals surface area contributed by atoms with Crippen LogP contribution >= 0.6 is 0 Å². The van der Waals surface area contributed by atoms with E-state index >= 15 is 0 Å². The second kappa shape index (κ2) is 4.73. The summed E-state index contributed by atoms with van der Waals surface area (Å²) in [6.45, 7) is 0. The van der Waals surface area contributed by atoms with Gasteiger partial charge in [-0.1, -0.05) is 0 Å². The molecule has 1 unspecified atom stereocenters. The van der Waals surface area contributed by atoms with Crippen molar-refractivity contribution in [2.45, 2.75) is 25.3 Å². The van der Waals surface area contributed by atoms with Crippen molar-refractivity contribution in [3.8, 4) is 0 Å². The van der Waals surface area contributed by atoms with Crippen LogP contribution in [0.3, 0.4) is 0 Å². The van der Waals surface area contributed by atoms with Gasteiger partial charge in [0, 0.05) is 17.6 Å². The van der Waals surface area contributed by atoms with Crippen LogP contribution in [0, 0.1) is 0 Å². The van der Waals surface area contributed by atoms with Crippen LogP contribution in [-0.4, -0.2) is 41.2 Å². The molecule has 114 valence electrons. The van der Waals surface area contributed by atoms with Crippen molar-refractivity contribution in [1.29, 1.82) is 0 Å². The highest BCUT2D eigenvalue weighted by Crippen LogP contribution is 2.28. The molecule has 0 amide bonds. The zero-order valence-electron chi connectivity index (χ0n) is 12.2. The molecule has 4 aromatic rings. The summed E-state index contributed by atoms with van der Waals surface area (Å²) in [6.07, 6.45) is 9.96. The van der Waals surface area contributed by atoms with Crippen molar-refractivity contribution in [3.63, 3.8) is 0 Å². The number of aromatic amines is 2. The fourth-order valence-electron chi connectivity index (χ4n) is 3.34. The average Bonchev–Trinajstić information content (AvgIpc) is 3.24. The number of aryl methyl sites for hydroxylation is 1. The smallest absolute Gasteiger partial charge is 0.162 e. The normalized spacial score (nSPS) is 17.5. The van der Waals surface area contributed by atoms with Crippen molar-refractivity contribution < 1.29 is 0 Å². The minimum Gasteiger partial charge on any atom is -0.365 e. The summed E-state index contributed by atoms with van der Waals surface area (Å²) in [5.41, 5.74) is 5.02. The predicted octanol–water partition coefficient (Wildman–Crippen LogP) is 1.59. The Hall–Kier alpha value is -3.03. The van der Waals surface area contributed by atoms with Gasteiger partial charge in [-0.25, -0.2) is 19.9 Å². The van der Waals surface area contributed by atoms with Gasteiger partial charge in [-0.05, 0) is 30.4 Å². The van der Waals surface area contributed by atoms with E-state index in [1.165, 1.54) is 11.1 Å². The van der Waals surface area contributed by atoms with Crippen LogP contribution in [0.1, 0.15) is 17.5 Å². The zero-order valence-corrected chi connectivity index (χ0v) is 12.2. The van der Waals surface area contributed by atoms with Gasteiger partial charge in [-0.2, -0.15) is 5.10 Å². The van der Waals surface area contributed by atoms with Gasteiger partial charge in [0.15, 0.2) is 17.1 Å². The number of nitrogens with zero attached hydrogens (tertiary/aromatic N) is 5. The number of H-pyrrole nitrogens is 2. The van der Waals surface area contributed by atoms with E-state index in [0.29, 0.717) is 6.04 Å². The second-order valence-electron chi connectivity index (χ2n) is 5.80. The first-order valence-electron chi connectivity index (χ1n) is 7.59. The lowest BCUT2D eigenvalue weighted by molar-refractivity contribution is 0.610. The first-order chi connectivity index (χ1) is 11.4. The molecule has 4 aromatic heterocycles. The number of aromatic nitrogens is 7. The van der Waals surface area contributed by atoms with Crippen LogP contribution in [0.4, 0.5) is 5.82 Å². The van der Waals surface area contributed by atoms with Gasteiger partial charge in [0.2, 0.25) is 0 Å². The summed E-state index contributed by atoms with van der Waals surface area (Å²) < 4.78 is 0. The Balaban J connectivity index is 1.46. The molecule has 0 aromatic carbocycles. The molecule has 0 saturated heterocycles. The van der Waals surface area contributed by atoms with E-state index in [2.05, 4.69) is 40.4 Å². The molecular formula is C15H14N8. The van der Waals surface area contributed by atoms with Gasteiger partial charge in [0.25, 0.3) is 0 Å². The molecule has 8 nitrogen and oxygen atoms in total. The average molecular weight is 306 g/mol. The lowest BCUT2D eigenvalue weighted by atomic mass is 9.88. The second-order valence-corrected chi connectivity index (χ2v) is 5.80. The Labute approximate surface area is 130 Å². The summed E-state index contributed by atoms with van der Waals surface area (Å²) in [5.74, 6) is 0.780. The number of anilines is 1. The lowest BCUT2D eigenvalue weighted by Gasteiger charge is -2.26. The summed E-state index contributed by atoms with van der Waals surface area (Å²) >= 11 is 0. The first-order valence-corrected chi connectivity index (χ1v) is 7.59. The number of imidazole rings is 1. The van der Waals surface area contributed by atoms with Crippen molar-refractivity contribution in [1.82, 2.24) is 35.1 Å². The standard InChI is InChI=1S/C15H14N8/c1-2-10-8(4-16-13-11(10)5-21-23-13)3-9(1)22-15-12-14(18-6-17-12)19-7-20-15/h4-7,9H,1-3H2,(H,16,21,23)(H2,17,18,19,20,22). The molecule has 0 bridgehead atoms. The molecule has 5 rings (SSSR count). The van der Waals surface area contributed by atoms with E-state index in [-0.39, 0.29) is 0 Å². The minimum atomic E-state index is 0.309. The highest BCUT2D eigenvalue weighted by atomic mass is 15.1. The number of fused-ring (bicyclic) bond motifs is 4. The molecule has 1 aliphatic carbocycles. The Morgan fingerprint density at radius 2 is 2.09 bits per heavy atom. The summed E-state index contributed by atoms with van der Waals surface area (Å²) in [6, 6.07) is 0.309. The Kier molecular flexibility index (Phi) is 2.57. The van der Waals surface area contributed by atoms with Crippen molar-refractivity contribution in [3.05, 3.63) is 36.2 Å². The van der Waals surface area contributed by atoms with Gasteiger partial charge < -0.3 is 10.3 Å². The number of hydrogen-bond acceptors (Lipinski definition) is 6. The van der Waals surface area contributed by atoms with E-state index in [0.717, 1.165) is 47.3 Å². The largest absolute Gasteiger partial charge is 0.365 e. The molecule has 0 spiro atoms. The van der Waals surface area contributed by atoms with Crippen LogP contribution < -0.4 is 5.32 Å². The molecule has 0 radical (unpaired) electrons. The molecule has 23 heavy (non-hydrogen) atoms. The van der Waals surface area contributed by atoms with Crippen LogP contribution in [0.25, 0.3) is 22.2 Å². The first kappa shape index (κ1) is 12.5. The van der Waals surface area contributed by atoms with E-state index in [1.807, 2.05) is 12.4 Å². The molecule has 4 heterocycles. The Bertz CT molecular complexity index is 1000. The maximum Gasteiger partial charge on any atom is 0.162 e. The Morgan fingerprint density at radius 3 is 3.09 bits per heavy atom. The zero-order chi connectivity index (χ0) is 15.2. The molecule has 8 heteroatoms. The van der Waals surface area contributed by atoms with Crippen LogP contribution in [-0.2, 0) is 12.8 Å². The number of nitrogens with one attached hydrogen (secondary N) is 3. The summed E-state index contributed by atoms with van der Waals surface area (Å²) in [4.78, 5) is 20.3. The molecule has 3 N–H and O–H groups in total. The maximum absolute atomic E-state index is 4.45. The quantitative estimate of drug-likeness (QED) is 0.519. The van der Waals surface area contributed by atoms with E-state index in [9.17, 15) is 0 Å². The molecule has 1 atom stereocenters. The summed E-state index contributed by atoms with van der Waals surface area (Å²) in [7, 11) is 0. The molecule has 0 aliphatic heterocycles. The van der Waals surface area contributed by atoms with Crippen molar-refractivity contribution in [2.24, 2.45) is 0 Å². The van der Waals surface area contributed by atoms with Crippen molar-refractivity contribution in [2.75, 3.05) is 5.32 Å². The van der Waals surface area contributed by atoms with Crippen LogP contribution in [0.2, 0.25) is 0 Å². The van der Waals surface area contributed by atoms with Gasteiger partial charge in [-0.15, -0.1) is 0 Å². The minimum absolute atomic E-state index is 0.309. The topological polar surface area (TPSA) is 108 Å².